The van der Waals surface area contributed by atoms with E-state index < -0.39 is 0 Å². The Morgan fingerprint density at radius 2 is 1.65 bits per heavy atom. The first kappa shape index (κ1) is 38.0. The number of rotatable bonds is 6. The summed E-state index contributed by atoms with van der Waals surface area (Å²) in [6.45, 7) is 4.70. The molecule has 0 amide bonds. The van der Waals surface area contributed by atoms with Gasteiger partial charge in [-0.05, 0) is 89.4 Å². The second-order valence-corrected chi connectivity index (χ2v) is 19.0. The summed E-state index contributed by atoms with van der Waals surface area (Å²) in [7, 11) is 0. The molecular formula is C58H48N4S. The van der Waals surface area contributed by atoms with Crippen molar-refractivity contribution in [3.05, 3.63) is 232 Å². The number of nitrogens with zero attached hydrogens (tertiary/aromatic N) is 3. The molecule has 3 aliphatic heterocycles. The third kappa shape index (κ3) is 6.43. The van der Waals surface area contributed by atoms with Crippen molar-refractivity contribution in [1.82, 2.24) is 10.3 Å². The molecule has 5 heteroatoms. The van der Waals surface area contributed by atoms with Crippen LogP contribution in [0.3, 0.4) is 0 Å². The molecule has 0 radical (unpaired) electrons. The predicted octanol–water partition coefficient (Wildman–Crippen LogP) is 13.8. The zero-order valence-electron chi connectivity index (χ0n) is 35.6. The van der Waals surface area contributed by atoms with E-state index in [1.54, 1.807) is 0 Å². The van der Waals surface area contributed by atoms with E-state index in [0.29, 0.717) is 11.2 Å². The molecule has 0 spiro atoms. The quantitative estimate of drug-likeness (QED) is 0.185. The van der Waals surface area contributed by atoms with Crippen LogP contribution in [0.1, 0.15) is 77.8 Å². The van der Waals surface area contributed by atoms with Crippen LogP contribution in [0.5, 0.6) is 0 Å². The lowest BCUT2D eigenvalue weighted by atomic mass is 9.80. The molecule has 63 heavy (non-hydrogen) atoms. The summed E-state index contributed by atoms with van der Waals surface area (Å²) in [5.41, 5.74) is 18.9. The lowest BCUT2D eigenvalue weighted by Gasteiger charge is -2.39. The summed E-state index contributed by atoms with van der Waals surface area (Å²) in [6, 6.07) is 37.5. The van der Waals surface area contributed by atoms with Crippen LogP contribution in [0, 0.1) is 5.92 Å². The van der Waals surface area contributed by atoms with E-state index in [4.69, 9.17) is 9.98 Å². The number of pyridine rings is 1. The maximum absolute atomic E-state index is 5.66. The Kier molecular flexibility index (Phi) is 9.23. The highest BCUT2D eigenvalue weighted by Crippen LogP contribution is 2.56. The van der Waals surface area contributed by atoms with Gasteiger partial charge < -0.3 is 10.2 Å². The summed E-state index contributed by atoms with van der Waals surface area (Å²) in [5.74, 6) is 0.704. The smallest absolute Gasteiger partial charge is 0.145 e. The maximum atomic E-state index is 5.66. The van der Waals surface area contributed by atoms with E-state index in [2.05, 4.69) is 212 Å². The fourth-order valence-electron chi connectivity index (χ4n) is 10.7. The third-order valence-electron chi connectivity index (χ3n) is 13.8. The van der Waals surface area contributed by atoms with Crippen molar-refractivity contribution in [2.24, 2.45) is 10.9 Å². The number of fused-ring (bicyclic) bond motifs is 8. The van der Waals surface area contributed by atoms with Crippen LogP contribution in [-0.2, 0) is 6.42 Å². The number of aromatic nitrogens is 1. The number of para-hydroxylation sites is 1. The first-order chi connectivity index (χ1) is 31.0. The highest BCUT2D eigenvalue weighted by molar-refractivity contribution is 8.01. The first-order valence-corrected chi connectivity index (χ1v) is 23.3. The van der Waals surface area contributed by atoms with Crippen molar-refractivity contribution in [1.29, 1.82) is 0 Å². The van der Waals surface area contributed by atoms with Gasteiger partial charge in [0.15, 0.2) is 0 Å². The van der Waals surface area contributed by atoms with Crippen LogP contribution in [0.15, 0.2) is 203 Å². The summed E-state index contributed by atoms with van der Waals surface area (Å²) in [5, 5.41) is 4.23. The summed E-state index contributed by atoms with van der Waals surface area (Å²) >= 11 is 1.99. The predicted molar refractivity (Wildman–Crippen MR) is 264 cm³/mol. The van der Waals surface area contributed by atoms with Crippen molar-refractivity contribution >= 4 is 46.2 Å². The molecule has 5 aromatic rings. The SMILES string of the molecule is CC1C=CC=C2c3c4c(nc(-c5cccc(C6N=C(c7cccc(N8c9ccccc9C9C=CC=CC98C)c7)C=C(c7ccccc7)N6)c5)c3SC21)CC(C1=CCCC=C1)=CC=C4. The van der Waals surface area contributed by atoms with Gasteiger partial charge in [-0.15, -0.1) is 11.8 Å². The highest BCUT2D eigenvalue weighted by atomic mass is 32.2. The number of hydrogen-bond acceptors (Lipinski definition) is 5. The molecule has 12 rings (SSSR count). The van der Waals surface area contributed by atoms with Crippen LogP contribution < -0.4 is 10.2 Å². The average molecular weight is 833 g/mol. The topological polar surface area (TPSA) is 40.5 Å². The van der Waals surface area contributed by atoms with Crippen LogP contribution in [0.2, 0.25) is 0 Å². The van der Waals surface area contributed by atoms with Gasteiger partial charge in [-0.25, -0.2) is 0 Å². The number of benzene rings is 4. The van der Waals surface area contributed by atoms with E-state index in [-0.39, 0.29) is 17.6 Å². The van der Waals surface area contributed by atoms with Crippen molar-refractivity contribution < 1.29 is 0 Å². The minimum atomic E-state index is -0.317. The lowest BCUT2D eigenvalue weighted by Crippen LogP contribution is -2.42. The van der Waals surface area contributed by atoms with Gasteiger partial charge in [0, 0.05) is 61.8 Å². The zero-order valence-corrected chi connectivity index (χ0v) is 36.4. The molecule has 4 aliphatic carbocycles. The average Bonchev–Trinajstić information content (AvgIpc) is 3.76. The molecule has 5 unspecified atom stereocenters. The largest absolute Gasteiger partial charge is 0.360 e. The molecule has 306 valence electrons. The van der Waals surface area contributed by atoms with Gasteiger partial charge in [-0.3, -0.25) is 9.98 Å². The monoisotopic (exact) mass is 832 g/mol. The summed E-state index contributed by atoms with van der Waals surface area (Å²) < 4.78 is 0. The molecule has 4 heterocycles. The van der Waals surface area contributed by atoms with Crippen LogP contribution in [-0.4, -0.2) is 21.5 Å². The molecule has 0 saturated heterocycles. The molecule has 4 nitrogen and oxygen atoms in total. The number of aliphatic imine (C=N–C) groups is 1. The normalized spacial score (nSPS) is 24.7. The number of nitrogens with one attached hydrogen (secondary N) is 1. The van der Waals surface area contributed by atoms with Crippen molar-refractivity contribution in [3.8, 4) is 11.3 Å². The number of thioether (sulfide) groups is 1. The second-order valence-electron chi connectivity index (χ2n) is 17.8. The van der Waals surface area contributed by atoms with E-state index in [0.717, 1.165) is 70.0 Å². The van der Waals surface area contributed by atoms with Crippen LogP contribution in [0.25, 0.3) is 28.6 Å². The standard InChI is InChI=1S/C58H48N4S/c1-37-17-13-29-47-53-46-28-16-22-40(38-18-5-3-6-19-38)35-51(46)59-54(56(53)63-55(37)47)42-24-14-25-43(33-42)57-60-49(39-20-7-4-8-21-39)36-50(61-57)41-23-15-26-44(34-41)62-52-31-10-9-27-45(52)48-30-11-12-32-58(48,62)2/h4-5,7-34,36-37,48,55,57,60H,3,6,35H2,1-2H3. The fourth-order valence-corrected chi connectivity index (χ4v) is 12.2. The molecule has 4 aromatic carbocycles. The van der Waals surface area contributed by atoms with E-state index in [9.17, 15) is 0 Å². The van der Waals surface area contributed by atoms with Gasteiger partial charge in [-0.1, -0.05) is 165 Å². The second kappa shape index (κ2) is 15.3. The van der Waals surface area contributed by atoms with Gasteiger partial charge in [-0.2, -0.15) is 0 Å². The molecule has 0 bridgehead atoms. The van der Waals surface area contributed by atoms with Gasteiger partial charge in [0.2, 0.25) is 0 Å². The summed E-state index contributed by atoms with van der Waals surface area (Å²) in [4.78, 5) is 15.0. The Labute approximate surface area is 375 Å². The van der Waals surface area contributed by atoms with Gasteiger partial charge >= 0.3 is 0 Å². The summed E-state index contributed by atoms with van der Waals surface area (Å²) in [6.07, 6.45) is 34.8. The van der Waals surface area contributed by atoms with E-state index >= 15 is 0 Å². The fraction of sp³-hybridized carbons (Fsp3) is 0.172. The molecule has 7 aliphatic rings. The van der Waals surface area contributed by atoms with Crippen molar-refractivity contribution in [2.45, 2.75) is 60.9 Å². The highest BCUT2D eigenvalue weighted by Gasteiger charge is 2.47. The lowest BCUT2D eigenvalue weighted by molar-refractivity contribution is 0.542. The number of anilines is 2. The van der Waals surface area contributed by atoms with Crippen molar-refractivity contribution in [3.63, 3.8) is 0 Å². The number of hydrogen-bond donors (Lipinski definition) is 1. The Balaban J connectivity index is 0.959. The Morgan fingerprint density at radius 1 is 0.794 bits per heavy atom. The number of allylic oxidation sites excluding steroid dienone is 13. The minimum absolute atomic E-state index is 0.218. The van der Waals surface area contributed by atoms with E-state index in [1.807, 2.05) is 11.8 Å². The third-order valence-corrected chi connectivity index (χ3v) is 15.4. The minimum Gasteiger partial charge on any atom is -0.360 e. The zero-order chi connectivity index (χ0) is 42.1. The molecule has 1 aromatic heterocycles. The Morgan fingerprint density at radius 3 is 2.56 bits per heavy atom. The van der Waals surface area contributed by atoms with E-state index in [1.165, 1.54) is 44.0 Å². The molecule has 0 saturated carbocycles. The molecule has 5 atom stereocenters. The maximum Gasteiger partial charge on any atom is 0.145 e. The van der Waals surface area contributed by atoms with Crippen LogP contribution in [0.4, 0.5) is 11.4 Å². The molecule has 0 fully saturated rings. The van der Waals surface area contributed by atoms with Gasteiger partial charge in [0.1, 0.15) is 6.17 Å². The first-order valence-electron chi connectivity index (χ1n) is 22.4. The van der Waals surface area contributed by atoms with Gasteiger partial charge in [0.05, 0.1) is 22.6 Å². The Hall–Kier alpha value is -6.69. The molecule has 1 N–H and O–H groups in total. The van der Waals surface area contributed by atoms with Crippen LogP contribution >= 0.6 is 11.8 Å². The molecular weight excluding hydrogens is 785 g/mol. The van der Waals surface area contributed by atoms with Crippen molar-refractivity contribution in [2.75, 3.05) is 4.90 Å². The van der Waals surface area contributed by atoms with Gasteiger partial charge in [0.25, 0.3) is 0 Å². The Bertz CT molecular complexity index is 3040.